The van der Waals surface area contributed by atoms with Gasteiger partial charge in [-0.1, -0.05) is 6.08 Å². The van der Waals surface area contributed by atoms with Crippen molar-refractivity contribution in [2.24, 2.45) is 0 Å². The number of hydrogen-bond donors (Lipinski definition) is 2. The molecule has 0 spiro atoms. The fraction of sp³-hybridized carbons (Fsp3) is 0.625. The molecular weight excluding hydrogens is 160 g/mol. The van der Waals surface area contributed by atoms with Crippen molar-refractivity contribution >= 4 is 5.97 Å². The van der Waals surface area contributed by atoms with E-state index in [1.807, 2.05) is 0 Å². The van der Waals surface area contributed by atoms with E-state index in [2.05, 4.69) is 4.74 Å². The molecule has 1 aliphatic rings. The first-order valence-electron chi connectivity index (χ1n) is 3.81. The summed E-state index contributed by atoms with van der Waals surface area (Å²) in [4.78, 5) is 11.0. The minimum absolute atomic E-state index is 0.163. The molecule has 12 heavy (non-hydrogen) atoms. The molecule has 0 heterocycles. The van der Waals surface area contributed by atoms with Crippen molar-refractivity contribution < 1.29 is 19.7 Å². The second-order valence-electron chi connectivity index (χ2n) is 2.74. The van der Waals surface area contributed by atoms with Gasteiger partial charge in [-0.3, -0.25) is 0 Å². The van der Waals surface area contributed by atoms with Crippen molar-refractivity contribution in [2.75, 3.05) is 7.11 Å². The minimum atomic E-state index is -1.09. The van der Waals surface area contributed by atoms with Gasteiger partial charge in [-0.25, -0.2) is 4.79 Å². The molecule has 4 nitrogen and oxygen atoms in total. The third-order valence-electron chi connectivity index (χ3n) is 1.93. The van der Waals surface area contributed by atoms with Crippen LogP contribution < -0.4 is 0 Å². The van der Waals surface area contributed by atoms with Gasteiger partial charge >= 0.3 is 5.97 Å². The smallest absolute Gasteiger partial charge is 0.336 e. The first kappa shape index (κ1) is 9.22. The maximum atomic E-state index is 11.0. The number of aliphatic hydroxyl groups excluding tert-OH is 2. The van der Waals surface area contributed by atoms with E-state index in [1.165, 1.54) is 7.11 Å². The lowest BCUT2D eigenvalue weighted by molar-refractivity contribution is -0.138. The predicted molar refractivity (Wildman–Crippen MR) is 41.3 cm³/mol. The van der Waals surface area contributed by atoms with Crippen molar-refractivity contribution in [1.82, 2.24) is 0 Å². The third-order valence-corrected chi connectivity index (χ3v) is 1.93. The lowest BCUT2D eigenvalue weighted by Crippen LogP contribution is -2.34. The average Bonchev–Trinajstić information content (AvgIpc) is 2.08. The lowest BCUT2D eigenvalue weighted by Gasteiger charge is -2.22. The molecular formula is C8H12O4. The SMILES string of the molecule is COC(=O)C1=CCC[C@H](O)[C@@H]1O. The molecule has 0 amide bonds. The summed E-state index contributed by atoms with van der Waals surface area (Å²) in [5.41, 5.74) is 0.163. The van der Waals surface area contributed by atoms with Crippen molar-refractivity contribution in [1.29, 1.82) is 0 Å². The van der Waals surface area contributed by atoms with Gasteiger partial charge in [-0.2, -0.15) is 0 Å². The molecule has 1 aliphatic carbocycles. The Hall–Kier alpha value is -0.870. The summed E-state index contributed by atoms with van der Waals surface area (Å²) in [6.07, 6.45) is 0.753. The number of methoxy groups -OCH3 is 1. The van der Waals surface area contributed by atoms with E-state index in [0.717, 1.165) is 0 Å². The highest BCUT2D eigenvalue weighted by Crippen LogP contribution is 2.19. The fourth-order valence-corrected chi connectivity index (χ4v) is 1.22. The maximum absolute atomic E-state index is 11.0. The zero-order chi connectivity index (χ0) is 9.14. The molecule has 0 bridgehead atoms. The van der Waals surface area contributed by atoms with Gasteiger partial charge in [0.25, 0.3) is 0 Å². The molecule has 2 N–H and O–H groups in total. The normalized spacial score (nSPS) is 29.4. The first-order valence-corrected chi connectivity index (χ1v) is 3.81. The number of carbonyl (C=O) groups excluding carboxylic acids is 1. The van der Waals surface area contributed by atoms with Crippen LogP contribution in [0.2, 0.25) is 0 Å². The van der Waals surface area contributed by atoms with Crippen molar-refractivity contribution in [3.63, 3.8) is 0 Å². The Bertz CT molecular complexity index is 209. The highest BCUT2D eigenvalue weighted by Gasteiger charge is 2.28. The van der Waals surface area contributed by atoms with Gasteiger partial charge in [-0.05, 0) is 12.8 Å². The predicted octanol–water partition coefficient (Wildman–Crippen LogP) is -0.399. The van der Waals surface area contributed by atoms with Crippen molar-refractivity contribution in [3.8, 4) is 0 Å². The van der Waals surface area contributed by atoms with Crippen LogP contribution in [0.15, 0.2) is 11.6 Å². The Kier molecular flexibility index (Phi) is 2.83. The van der Waals surface area contributed by atoms with Crippen molar-refractivity contribution in [2.45, 2.75) is 25.0 Å². The second-order valence-corrected chi connectivity index (χ2v) is 2.74. The molecule has 68 valence electrons. The summed E-state index contributed by atoms with van der Waals surface area (Å²) < 4.78 is 4.43. The highest BCUT2D eigenvalue weighted by molar-refractivity contribution is 5.89. The van der Waals surface area contributed by atoms with Gasteiger partial charge in [-0.15, -0.1) is 0 Å². The van der Waals surface area contributed by atoms with E-state index in [4.69, 9.17) is 0 Å². The number of aliphatic hydroxyl groups is 2. The van der Waals surface area contributed by atoms with E-state index in [-0.39, 0.29) is 5.57 Å². The van der Waals surface area contributed by atoms with E-state index < -0.39 is 18.2 Å². The number of esters is 1. The summed E-state index contributed by atoms with van der Waals surface area (Å²) in [6, 6.07) is 0. The minimum Gasteiger partial charge on any atom is -0.466 e. The monoisotopic (exact) mass is 172 g/mol. The summed E-state index contributed by atoms with van der Waals surface area (Å²) in [5, 5.41) is 18.5. The number of hydrogen-bond acceptors (Lipinski definition) is 4. The molecule has 2 atom stereocenters. The van der Waals surface area contributed by atoms with Gasteiger partial charge in [0.2, 0.25) is 0 Å². The Balaban J connectivity index is 2.75. The Labute approximate surface area is 70.5 Å². The summed E-state index contributed by atoms with van der Waals surface area (Å²) in [6.45, 7) is 0. The zero-order valence-corrected chi connectivity index (χ0v) is 6.86. The van der Waals surface area contributed by atoms with Gasteiger partial charge in [0.1, 0.15) is 6.10 Å². The van der Waals surface area contributed by atoms with E-state index in [0.29, 0.717) is 12.8 Å². The van der Waals surface area contributed by atoms with Crippen LogP contribution in [0.3, 0.4) is 0 Å². The number of rotatable bonds is 1. The third kappa shape index (κ3) is 1.65. The molecule has 1 rings (SSSR count). The van der Waals surface area contributed by atoms with Gasteiger partial charge < -0.3 is 14.9 Å². The molecule has 0 fully saturated rings. The topological polar surface area (TPSA) is 66.8 Å². The summed E-state index contributed by atoms with van der Waals surface area (Å²) in [5.74, 6) is -0.568. The van der Waals surface area contributed by atoms with Crippen LogP contribution in [0.25, 0.3) is 0 Å². The Morgan fingerprint density at radius 3 is 2.92 bits per heavy atom. The lowest BCUT2D eigenvalue weighted by atomic mass is 9.94. The zero-order valence-electron chi connectivity index (χ0n) is 6.86. The average molecular weight is 172 g/mol. The van der Waals surface area contributed by atoms with Gasteiger partial charge in [0, 0.05) is 0 Å². The van der Waals surface area contributed by atoms with Crippen LogP contribution in [0.4, 0.5) is 0 Å². The fourth-order valence-electron chi connectivity index (χ4n) is 1.22. The molecule has 4 heteroatoms. The Morgan fingerprint density at radius 1 is 1.67 bits per heavy atom. The molecule has 0 unspecified atom stereocenters. The van der Waals surface area contributed by atoms with E-state index in [1.54, 1.807) is 6.08 Å². The van der Waals surface area contributed by atoms with E-state index >= 15 is 0 Å². The van der Waals surface area contributed by atoms with Gasteiger partial charge in [0.05, 0.1) is 18.8 Å². The second kappa shape index (κ2) is 3.69. The molecule has 0 saturated heterocycles. The van der Waals surface area contributed by atoms with E-state index in [9.17, 15) is 15.0 Å². The first-order chi connectivity index (χ1) is 5.66. The molecule has 0 aliphatic heterocycles. The number of allylic oxidation sites excluding steroid dienone is 1. The van der Waals surface area contributed by atoms with Crippen LogP contribution in [-0.4, -0.2) is 35.5 Å². The van der Waals surface area contributed by atoms with Crippen LogP contribution in [0.1, 0.15) is 12.8 Å². The van der Waals surface area contributed by atoms with Gasteiger partial charge in [0.15, 0.2) is 0 Å². The largest absolute Gasteiger partial charge is 0.466 e. The molecule has 0 aromatic rings. The quantitative estimate of drug-likeness (QED) is 0.528. The standard InChI is InChI=1S/C8H12O4/c1-12-8(11)5-3-2-4-6(9)7(5)10/h3,6-7,9-10H,2,4H2,1H3/t6-,7+/m0/s1. The van der Waals surface area contributed by atoms with Crippen LogP contribution in [-0.2, 0) is 9.53 Å². The number of ether oxygens (including phenoxy) is 1. The number of carbonyl (C=O) groups is 1. The summed E-state index contributed by atoms with van der Waals surface area (Å²) >= 11 is 0. The molecule has 0 radical (unpaired) electrons. The molecule has 0 aromatic heterocycles. The highest BCUT2D eigenvalue weighted by atomic mass is 16.5. The molecule has 0 aromatic carbocycles. The molecule has 0 saturated carbocycles. The maximum Gasteiger partial charge on any atom is 0.336 e. The van der Waals surface area contributed by atoms with Crippen LogP contribution in [0, 0.1) is 0 Å². The van der Waals surface area contributed by atoms with Crippen molar-refractivity contribution in [3.05, 3.63) is 11.6 Å². The van der Waals surface area contributed by atoms with Crippen LogP contribution in [0.5, 0.6) is 0 Å². The van der Waals surface area contributed by atoms with Crippen LogP contribution >= 0.6 is 0 Å². The summed E-state index contributed by atoms with van der Waals surface area (Å²) in [7, 11) is 1.25. The Morgan fingerprint density at radius 2 is 2.33 bits per heavy atom.